The van der Waals surface area contributed by atoms with Crippen molar-refractivity contribution in [1.29, 1.82) is 0 Å². The van der Waals surface area contributed by atoms with Gasteiger partial charge in [-0.3, -0.25) is 4.79 Å². The fourth-order valence-electron chi connectivity index (χ4n) is 2.38. The van der Waals surface area contributed by atoms with Crippen molar-refractivity contribution in [2.75, 3.05) is 53.7 Å². The maximum absolute atomic E-state index is 12.9. The predicted octanol–water partition coefficient (Wildman–Crippen LogP) is -0.196. The smallest absolute Gasteiger partial charge is 0.461 e. The van der Waals surface area contributed by atoms with E-state index in [9.17, 15) is 24.3 Å². The van der Waals surface area contributed by atoms with Crippen LogP contribution in [0, 0.1) is 12.3 Å². The van der Waals surface area contributed by atoms with Crippen molar-refractivity contribution in [3.63, 3.8) is 0 Å². The quantitative estimate of drug-likeness (QED) is 0.290. The van der Waals surface area contributed by atoms with Gasteiger partial charge in [-0.1, -0.05) is 0 Å². The van der Waals surface area contributed by atoms with E-state index in [-0.39, 0.29) is 44.4 Å². The van der Waals surface area contributed by atoms with Crippen LogP contribution in [0.2, 0.25) is 0 Å². The van der Waals surface area contributed by atoms with Gasteiger partial charge in [0.2, 0.25) is 5.91 Å². The molecule has 0 aromatic carbocycles. The van der Waals surface area contributed by atoms with E-state index < -0.39 is 42.3 Å². The highest BCUT2D eigenvalue weighted by Crippen LogP contribution is 2.20. The largest absolute Gasteiger partial charge is 0.519 e. The van der Waals surface area contributed by atoms with Gasteiger partial charge in [-0.2, -0.15) is 0 Å². The Balaban J connectivity index is 2.61. The fraction of sp³-hybridized carbons (Fsp3) is 0.600. The van der Waals surface area contributed by atoms with E-state index in [2.05, 4.69) is 8.83 Å². The molecule has 12 heteroatoms. The van der Waals surface area contributed by atoms with Gasteiger partial charge >= 0.3 is 17.8 Å². The Morgan fingerprint density at radius 2 is 1.59 bits per heavy atom. The lowest BCUT2D eigenvalue weighted by molar-refractivity contribution is -0.154. The molecule has 0 aliphatic carbocycles. The Bertz CT molecular complexity index is 833. The summed E-state index contributed by atoms with van der Waals surface area (Å²) in [6, 6.07) is 0. The van der Waals surface area contributed by atoms with Gasteiger partial charge < -0.3 is 37.8 Å². The van der Waals surface area contributed by atoms with E-state index in [1.54, 1.807) is 0 Å². The zero-order valence-corrected chi connectivity index (χ0v) is 18.6. The van der Waals surface area contributed by atoms with Gasteiger partial charge in [-0.05, 0) is 13.8 Å². The van der Waals surface area contributed by atoms with Gasteiger partial charge in [0.25, 0.3) is 0 Å². The number of ether oxygens (including phenoxy) is 4. The molecule has 0 saturated carbocycles. The third-order valence-corrected chi connectivity index (χ3v) is 4.35. The number of rotatable bonds is 14. The first kappa shape index (κ1) is 27.1. The van der Waals surface area contributed by atoms with Crippen LogP contribution in [0.4, 0.5) is 0 Å². The monoisotopic (exact) mass is 459 g/mol. The standard InChI is InChI=1S/C20H29NO11/c1-14-15(32-19(26)31-14)11-29-16(23)5-6-17(24)30-13-20(2,12-22)18(25)21(7-9-27-3)8-10-28-4/h5-6,22H,7-13H2,1-4H3/b6-5+. The van der Waals surface area contributed by atoms with Crippen LogP contribution in [0.25, 0.3) is 0 Å². The van der Waals surface area contributed by atoms with Crippen molar-refractivity contribution in [3.8, 4) is 0 Å². The summed E-state index contributed by atoms with van der Waals surface area (Å²) in [5, 5.41) is 9.76. The maximum Gasteiger partial charge on any atom is 0.519 e. The SMILES string of the molecule is COCCN(CCOC)C(=O)C(C)(CO)COC(=O)/C=C/C(=O)OCc1oc(=O)oc1C. The average Bonchev–Trinajstić information content (AvgIpc) is 3.10. The van der Waals surface area contributed by atoms with E-state index in [0.29, 0.717) is 0 Å². The third kappa shape index (κ3) is 8.65. The van der Waals surface area contributed by atoms with Gasteiger partial charge in [0.1, 0.15) is 12.0 Å². The van der Waals surface area contributed by atoms with Gasteiger partial charge in [0, 0.05) is 39.5 Å². The summed E-state index contributed by atoms with van der Waals surface area (Å²) in [6.07, 6.45) is 1.63. The summed E-state index contributed by atoms with van der Waals surface area (Å²) in [6.45, 7) is 2.67. The van der Waals surface area contributed by atoms with Crippen LogP contribution in [-0.2, 0) is 39.9 Å². The van der Waals surface area contributed by atoms with E-state index in [1.807, 2.05) is 0 Å². The Labute approximate surface area is 184 Å². The third-order valence-electron chi connectivity index (χ3n) is 4.35. The molecule has 0 bridgehead atoms. The molecule has 0 fully saturated rings. The fourth-order valence-corrected chi connectivity index (χ4v) is 2.38. The first-order chi connectivity index (χ1) is 15.2. The summed E-state index contributed by atoms with van der Waals surface area (Å²) in [5.74, 6) is -2.95. The number of carbonyl (C=O) groups is 3. The van der Waals surface area contributed by atoms with Crippen molar-refractivity contribution in [2.24, 2.45) is 5.41 Å². The molecule has 1 aromatic rings. The number of methoxy groups -OCH3 is 2. The number of esters is 2. The van der Waals surface area contributed by atoms with Gasteiger partial charge in [0.15, 0.2) is 18.1 Å². The molecule has 1 rings (SSSR count). The average molecular weight is 459 g/mol. The minimum absolute atomic E-state index is 0.0445. The van der Waals surface area contributed by atoms with Crippen molar-refractivity contribution >= 4 is 17.8 Å². The molecule has 0 spiro atoms. The first-order valence-corrected chi connectivity index (χ1v) is 9.66. The lowest BCUT2D eigenvalue weighted by atomic mass is 9.91. The molecule has 32 heavy (non-hydrogen) atoms. The summed E-state index contributed by atoms with van der Waals surface area (Å²) in [5.41, 5.74) is -1.40. The maximum atomic E-state index is 12.9. The number of aliphatic hydroxyl groups is 1. The van der Waals surface area contributed by atoms with Crippen LogP contribution in [0.15, 0.2) is 25.8 Å². The highest BCUT2D eigenvalue weighted by Gasteiger charge is 2.37. The second-order valence-electron chi connectivity index (χ2n) is 6.98. The highest BCUT2D eigenvalue weighted by molar-refractivity contribution is 5.92. The second kappa shape index (κ2) is 13.5. The van der Waals surface area contributed by atoms with E-state index in [4.69, 9.17) is 18.9 Å². The molecule has 180 valence electrons. The molecule has 1 atom stereocenters. The molecule has 1 aromatic heterocycles. The van der Waals surface area contributed by atoms with Gasteiger partial charge in [0.05, 0.1) is 19.8 Å². The Hall–Kier alpha value is -2.96. The zero-order valence-electron chi connectivity index (χ0n) is 18.6. The van der Waals surface area contributed by atoms with Gasteiger partial charge in [-0.25, -0.2) is 14.4 Å². The molecule has 1 N–H and O–H groups in total. The molecule has 0 aliphatic heterocycles. The molecule has 1 amide bonds. The summed E-state index contributed by atoms with van der Waals surface area (Å²) in [4.78, 5) is 48.9. The van der Waals surface area contributed by atoms with Crippen LogP contribution in [0.5, 0.6) is 0 Å². The molecular formula is C20H29NO11. The zero-order chi connectivity index (χ0) is 24.1. The summed E-state index contributed by atoms with van der Waals surface area (Å²) < 4.78 is 29.2. The lowest BCUT2D eigenvalue weighted by Crippen LogP contribution is -2.49. The van der Waals surface area contributed by atoms with Crippen molar-refractivity contribution in [3.05, 3.63) is 34.3 Å². The second-order valence-corrected chi connectivity index (χ2v) is 6.98. The van der Waals surface area contributed by atoms with Crippen molar-refractivity contribution < 1.29 is 47.3 Å². The van der Waals surface area contributed by atoms with Crippen LogP contribution in [0.1, 0.15) is 18.4 Å². The van der Waals surface area contributed by atoms with Crippen LogP contribution in [-0.4, -0.2) is 81.6 Å². The molecule has 1 heterocycles. The predicted molar refractivity (Wildman–Crippen MR) is 107 cm³/mol. The topological polar surface area (TPSA) is 155 Å². The molecular weight excluding hydrogens is 430 g/mol. The number of carbonyl (C=O) groups excluding carboxylic acids is 3. The van der Waals surface area contributed by atoms with Gasteiger partial charge in [-0.15, -0.1) is 0 Å². The van der Waals surface area contributed by atoms with Crippen LogP contribution in [0.3, 0.4) is 0 Å². The van der Waals surface area contributed by atoms with E-state index in [0.717, 1.165) is 12.2 Å². The number of aliphatic hydroxyl groups excluding tert-OH is 1. The number of nitrogens with zero attached hydrogens (tertiary/aromatic N) is 1. The Morgan fingerprint density at radius 3 is 2.06 bits per heavy atom. The number of hydrogen-bond acceptors (Lipinski definition) is 11. The van der Waals surface area contributed by atoms with E-state index >= 15 is 0 Å². The minimum Gasteiger partial charge on any atom is -0.461 e. The normalized spacial score (nSPS) is 13.0. The number of amides is 1. The lowest BCUT2D eigenvalue weighted by Gasteiger charge is -2.32. The Morgan fingerprint density at radius 1 is 1.03 bits per heavy atom. The van der Waals surface area contributed by atoms with Crippen LogP contribution < -0.4 is 5.82 Å². The molecule has 12 nitrogen and oxygen atoms in total. The molecule has 0 saturated heterocycles. The molecule has 1 unspecified atom stereocenters. The van der Waals surface area contributed by atoms with Crippen molar-refractivity contribution in [1.82, 2.24) is 4.90 Å². The Kier molecular flexibility index (Phi) is 11.4. The van der Waals surface area contributed by atoms with Crippen molar-refractivity contribution in [2.45, 2.75) is 20.5 Å². The van der Waals surface area contributed by atoms with Crippen LogP contribution >= 0.6 is 0 Å². The summed E-state index contributed by atoms with van der Waals surface area (Å²) in [7, 11) is 2.99. The highest BCUT2D eigenvalue weighted by atomic mass is 16.6. The minimum atomic E-state index is -1.40. The van der Waals surface area contributed by atoms with E-state index in [1.165, 1.54) is 33.0 Å². The molecule has 0 aliphatic rings. The first-order valence-electron chi connectivity index (χ1n) is 9.66. The molecule has 0 radical (unpaired) electrons. The number of hydrogen-bond donors (Lipinski definition) is 1. The number of aryl methyl sites for hydroxylation is 1. The summed E-state index contributed by atoms with van der Waals surface area (Å²) >= 11 is 0.